The average molecular weight is 357 g/mol. The summed E-state index contributed by atoms with van der Waals surface area (Å²) in [5, 5.41) is 0. The van der Waals surface area contributed by atoms with E-state index in [1.165, 1.54) is 24.9 Å². The number of carbonyl (C=O) groups excluding carboxylic acids is 1. The van der Waals surface area contributed by atoms with Crippen LogP contribution in [0.15, 0.2) is 30.3 Å². The average Bonchev–Trinajstić information content (AvgIpc) is 3.26. The van der Waals surface area contributed by atoms with Crippen molar-refractivity contribution in [2.75, 3.05) is 46.4 Å². The van der Waals surface area contributed by atoms with E-state index in [-0.39, 0.29) is 5.41 Å². The van der Waals surface area contributed by atoms with Crippen LogP contribution in [0.25, 0.3) is 0 Å². The van der Waals surface area contributed by atoms with E-state index < -0.39 is 0 Å². The van der Waals surface area contributed by atoms with E-state index in [4.69, 9.17) is 4.74 Å². The van der Waals surface area contributed by atoms with Gasteiger partial charge in [-0.2, -0.15) is 0 Å². The van der Waals surface area contributed by atoms with Gasteiger partial charge in [-0.25, -0.2) is 0 Å². The van der Waals surface area contributed by atoms with Crippen LogP contribution in [0.1, 0.15) is 31.2 Å². The van der Waals surface area contributed by atoms with Crippen LogP contribution in [0.3, 0.4) is 0 Å². The Balaban J connectivity index is 1.35. The van der Waals surface area contributed by atoms with Crippen LogP contribution in [0, 0.1) is 17.3 Å². The second-order valence-corrected chi connectivity index (χ2v) is 8.70. The zero-order valence-electron chi connectivity index (χ0n) is 16.0. The van der Waals surface area contributed by atoms with Gasteiger partial charge < -0.3 is 14.5 Å². The molecule has 4 rings (SSSR count). The second kappa shape index (κ2) is 7.69. The van der Waals surface area contributed by atoms with Crippen molar-refractivity contribution in [2.24, 2.45) is 17.3 Å². The van der Waals surface area contributed by atoms with Gasteiger partial charge in [-0.15, -0.1) is 0 Å². The largest absolute Gasteiger partial charge is 0.384 e. The van der Waals surface area contributed by atoms with E-state index in [1.54, 1.807) is 0 Å². The highest BCUT2D eigenvalue weighted by molar-refractivity contribution is 5.76. The Bertz CT molecular complexity index is 616. The van der Waals surface area contributed by atoms with Gasteiger partial charge >= 0.3 is 0 Å². The molecule has 0 unspecified atom stereocenters. The molecule has 0 aromatic heterocycles. The SMILES string of the molecule is COC[C@@H]1CN(CC2CC2)C[C@]12CCN(C(=O)CCc1ccccc1)C2. The van der Waals surface area contributed by atoms with Crippen LogP contribution < -0.4 is 0 Å². The maximum absolute atomic E-state index is 12.8. The fourth-order valence-electron chi connectivity index (χ4n) is 5.00. The molecule has 2 heterocycles. The smallest absolute Gasteiger partial charge is 0.222 e. The monoisotopic (exact) mass is 356 g/mol. The minimum atomic E-state index is 0.257. The summed E-state index contributed by atoms with van der Waals surface area (Å²) in [7, 11) is 1.81. The molecular weight excluding hydrogens is 324 g/mol. The maximum atomic E-state index is 12.8. The number of aryl methyl sites for hydroxylation is 1. The molecule has 2 aliphatic heterocycles. The van der Waals surface area contributed by atoms with Crippen molar-refractivity contribution in [1.29, 1.82) is 0 Å². The van der Waals surface area contributed by atoms with Crippen molar-refractivity contribution in [1.82, 2.24) is 9.80 Å². The molecule has 1 saturated carbocycles. The van der Waals surface area contributed by atoms with Crippen LogP contribution in [0.4, 0.5) is 0 Å². The highest BCUT2D eigenvalue weighted by Crippen LogP contribution is 2.45. The lowest BCUT2D eigenvalue weighted by atomic mass is 9.77. The molecule has 3 aliphatic rings. The first-order valence-corrected chi connectivity index (χ1v) is 10.2. The fraction of sp³-hybridized carbons (Fsp3) is 0.682. The number of nitrogens with zero attached hydrogens (tertiary/aromatic N) is 2. The quantitative estimate of drug-likeness (QED) is 0.753. The van der Waals surface area contributed by atoms with Crippen molar-refractivity contribution >= 4 is 5.91 Å². The minimum Gasteiger partial charge on any atom is -0.384 e. The lowest BCUT2D eigenvalue weighted by Crippen LogP contribution is -2.38. The molecule has 1 aromatic carbocycles. The number of hydrogen-bond acceptors (Lipinski definition) is 3. The van der Waals surface area contributed by atoms with Gasteiger partial charge in [0.05, 0.1) is 6.61 Å². The Hall–Kier alpha value is -1.39. The molecule has 0 radical (unpaired) electrons. The van der Waals surface area contributed by atoms with E-state index >= 15 is 0 Å². The molecule has 2 saturated heterocycles. The first-order chi connectivity index (χ1) is 12.7. The molecule has 1 spiro atoms. The zero-order chi connectivity index (χ0) is 18.0. The van der Waals surface area contributed by atoms with Gasteiger partial charge in [0.25, 0.3) is 0 Å². The van der Waals surface area contributed by atoms with Crippen LogP contribution in [0.2, 0.25) is 0 Å². The van der Waals surface area contributed by atoms with Crippen LogP contribution in [0.5, 0.6) is 0 Å². The Morgan fingerprint density at radius 3 is 2.77 bits per heavy atom. The maximum Gasteiger partial charge on any atom is 0.222 e. The number of amides is 1. The molecule has 1 amide bonds. The van der Waals surface area contributed by atoms with Gasteiger partial charge in [-0.1, -0.05) is 30.3 Å². The van der Waals surface area contributed by atoms with Gasteiger partial charge in [-0.3, -0.25) is 4.79 Å². The van der Waals surface area contributed by atoms with E-state index in [0.717, 1.165) is 51.5 Å². The van der Waals surface area contributed by atoms with Crippen molar-refractivity contribution < 1.29 is 9.53 Å². The number of likely N-dealkylation sites (tertiary alicyclic amines) is 2. The molecule has 0 bridgehead atoms. The first kappa shape index (κ1) is 18.0. The van der Waals surface area contributed by atoms with Gasteiger partial charge in [0.15, 0.2) is 0 Å². The van der Waals surface area contributed by atoms with E-state index in [1.807, 2.05) is 25.3 Å². The standard InChI is InChI=1S/C22H32N2O2/c1-26-15-20-14-23(13-19-7-8-19)16-22(20)11-12-24(17-22)21(25)10-9-18-5-3-2-4-6-18/h2-6,19-20H,7-17H2,1H3/t20-,22-/m0/s1. The first-order valence-electron chi connectivity index (χ1n) is 10.2. The summed E-state index contributed by atoms with van der Waals surface area (Å²) >= 11 is 0. The second-order valence-electron chi connectivity index (χ2n) is 8.70. The molecular formula is C22H32N2O2. The molecule has 1 aromatic rings. The number of rotatable bonds is 7. The van der Waals surface area contributed by atoms with E-state index in [0.29, 0.717) is 18.2 Å². The third kappa shape index (κ3) is 3.96. The molecule has 1 aliphatic carbocycles. The number of hydrogen-bond donors (Lipinski definition) is 0. The molecule has 142 valence electrons. The summed E-state index contributed by atoms with van der Waals surface area (Å²) < 4.78 is 5.55. The van der Waals surface area contributed by atoms with Crippen LogP contribution in [-0.4, -0.2) is 62.1 Å². The third-order valence-corrected chi connectivity index (χ3v) is 6.67. The summed E-state index contributed by atoms with van der Waals surface area (Å²) in [6.45, 7) is 6.23. The van der Waals surface area contributed by atoms with Gasteiger partial charge in [-0.05, 0) is 37.2 Å². The molecule has 26 heavy (non-hydrogen) atoms. The summed E-state index contributed by atoms with van der Waals surface area (Å²) in [6.07, 6.45) is 5.42. The summed E-state index contributed by atoms with van der Waals surface area (Å²) in [4.78, 5) is 17.6. The Labute approximate surface area is 157 Å². The predicted octanol–water partition coefficient (Wildman–Crippen LogP) is 2.83. The fourth-order valence-corrected chi connectivity index (χ4v) is 5.00. The summed E-state index contributed by atoms with van der Waals surface area (Å²) in [6, 6.07) is 10.3. The van der Waals surface area contributed by atoms with Crippen molar-refractivity contribution in [3.63, 3.8) is 0 Å². The van der Waals surface area contributed by atoms with Crippen LogP contribution in [-0.2, 0) is 16.0 Å². The minimum absolute atomic E-state index is 0.257. The number of carbonyl (C=O) groups is 1. The topological polar surface area (TPSA) is 32.8 Å². The highest BCUT2D eigenvalue weighted by Gasteiger charge is 2.51. The molecule has 3 fully saturated rings. The Morgan fingerprint density at radius 1 is 1.23 bits per heavy atom. The van der Waals surface area contributed by atoms with Gasteiger partial charge in [0.1, 0.15) is 0 Å². The zero-order valence-corrected chi connectivity index (χ0v) is 16.0. The molecule has 4 nitrogen and oxygen atoms in total. The Kier molecular flexibility index (Phi) is 5.32. The number of benzene rings is 1. The molecule has 4 heteroatoms. The van der Waals surface area contributed by atoms with Gasteiger partial charge in [0.2, 0.25) is 5.91 Å². The summed E-state index contributed by atoms with van der Waals surface area (Å²) in [5.74, 6) is 1.82. The van der Waals surface area contributed by atoms with E-state index in [2.05, 4.69) is 21.9 Å². The molecule has 2 atom stereocenters. The molecule has 0 N–H and O–H groups in total. The van der Waals surface area contributed by atoms with Crippen molar-refractivity contribution in [2.45, 2.75) is 32.1 Å². The predicted molar refractivity (Wildman–Crippen MR) is 103 cm³/mol. The van der Waals surface area contributed by atoms with E-state index in [9.17, 15) is 4.79 Å². The normalized spacial score (nSPS) is 29.0. The van der Waals surface area contributed by atoms with Gasteiger partial charge in [0, 0.05) is 57.6 Å². The lowest BCUT2D eigenvalue weighted by Gasteiger charge is -2.30. The summed E-state index contributed by atoms with van der Waals surface area (Å²) in [5.41, 5.74) is 1.51. The van der Waals surface area contributed by atoms with Crippen molar-refractivity contribution in [3.8, 4) is 0 Å². The third-order valence-electron chi connectivity index (χ3n) is 6.67. The number of ether oxygens (including phenoxy) is 1. The highest BCUT2D eigenvalue weighted by atomic mass is 16.5. The van der Waals surface area contributed by atoms with Crippen molar-refractivity contribution in [3.05, 3.63) is 35.9 Å². The Morgan fingerprint density at radius 2 is 2.04 bits per heavy atom. The lowest BCUT2D eigenvalue weighted by molar-refractivity contribution is -0.130. The number of methoxy groups -OCH3 is 1. The van der Waals surface area contributed by atoms with Crippen LogP contribution >= 0.6 is 0 Å².